The molecule has 1 aromatic rings. The molecule has 140 valence electrons. The molecular formula is C18H29FN2O3Si. The van der Waals surface area contributed by atoms with Crippen molar-refractivity contribution in [3.63, 3.8) is 0 Å². The van der Waals surface area contributed by atoms with E-state index in [1.165, 1.54) is 18.2 Å². The molecule has 5 nitrogen and oxygen atoms in total. The van der Waals surface area contributed by atoms with Gasteiger partial charge in [0.1, 0.15) is 11.9 Å². The molecule has 0 aliphatic rings. The first-order valence-electron chi connectivity index (χ1n) is 8.39. The molecule has 0 saturated carbocycles. The molecule has 7 heteroatoms. The minimum atomic E-state index is -1.92. The Balaban J connectivity index is 2.57. The van der Waals surface area contributed by atoms with E-state index in [-0.39, 0.29) is 17.4 Å². The van der Waals surface area contributed by atoms with E-state index in [2.05, 4.69) is 39.2 Å². The van der Waals surface area contributed by atoms with E-state index >= 15 is 0 Å². The minimum Gasteiger partial charge on any atom is -0.417 e. The first-order valence-corrected chi connectivity index (χ1v) is 11.3. The number of hydrogen-bond acceptors (Lipinski definition) is 3. The third-order valence-electron chi connectivity index (χ3n) is 4.61. The maximum atomic E-state index is 13.2. The zero-order chi connectivity index (χ0) is 19.3. The molecule has 1 atom stereocenters. The number of carbonyl (C=O) groups excluding carboxylic acids is 2. The summed E-state index contributed by atoms with van der Waals surface area (Å²) in [6.07, 6.45) is 0.307. The van der Waals surface area contributed by atoms with Gasteiger partial charge in [0, 0.05) is 6.61 Å². The average molecular weight is 369 g/mol. The zero-order valence-corrected chi connectivity index (χ0v) is 16.7. The molecule has 1 aromatic carbocycles. The topological polar surface area (TPSA) is 81.4 Å². The molecule has 0 radical (unpaired) electrons. The number of halogens is 1. The fraction of sp³-hybridized carbons (Fsp3) is 0.556. The molecule has 0 aromatic heterocycles. The van der Waals surface area contributed by atoms with Gasteiger partial charge in [-0.2, -0.15) is 0 Å². The lowest BCUT2D eigenvalue weighted by molar-refractivity contribution is -0.127. The SMILES string of the molecule is CC(C)(C)[Si](C)(C)OCC[C@@H](NC(=O)Cc1cccc(F)c1)C(N)=O. The van der Waals surface area contributed by atoms with Crippen LogP contribution in [0.1, 0.15) is 32.8 Å². The average Bonchev–Trinajstić information content (AvgIpc) is 2.44. The van der Waals surface area contributed by atoms with E-state index in [1.807, 2.05) is 0 Å². The Morgan fingerprint density at radius 2 is 1.96 bits per heavy atom. The molecule has 0 aliphatic carbocycles. The van der Waals surface area contributed by atoms with E-state index in [1.54, 1.807) is 6.07 Å². The Kier molecular flexibility index (Phi) is 7.31. The number of primary amides is 1. The van der Waals surface area contributed by atoms with E-state index in [0.717, 1.165) is 0 Å². The highest BCUT2D eigenvalue weighted by Crippen LogP contribution is 2.36. The van der Waals surface area contributed by atoms with E-state index in [0.29, 0.717) is 18.6 Å². The van der Waals surface area contributed by atoms with Gasteiger partial charge in [0.15, 0.2) is 8.32 Å². The summed E-state index contributed by atoms with van der Waals surface area (Å²) in [6, 6.07) is 5.00. The lowest BCUT2D eigenvalue weighted by atomic mass is 10.1. The second-order valence-electron chi connectivity index (χ2n) is 7.73. The van der Waals surface area contributed by atoms with Gasteiger partial charge in [-0.15, -0.1) is 0 Å². The van der Waals surface area contributed by atoms with Crippen LogP contribution in [0.3, 0.4) is 0 Å². The smallest absolute Gasteiger partial charge is 0.240 e. The summed E-state index contributed by atoms with van der Waals surface area (Å²) in [7, 11) is -1.92. The van der Waals surface area contributed by atoms with Crippen molar-refractivity contribution < 1.29 is 18.4 Å². The molecule has 0 saturated heterocycles. The van der Waals surface area contributed by atoms with Crippen molar-refractivity contribution in [3.05, 3.63) is 35.6 Å². The second kappa shape index (κ2) is 8.58. The van der Waals surface area contributed by atoms with Crippen LogP contribution in [-0.2, 0) is 20.4 Å². The summed E-state index contributed by atoms with van der Waals surface area (Å²) in [5.74, 6) is -1.38. The fourth-order valence-electron chi connectivity index (χ4n) is 2.01. The summed E-state index contributed by atoms with van der Waals surface area (Å²) in [4.78, 5) is 23.7. The number of amides is 2. The van der Waals surface area contributed by atoms with E-state index in [4.69, 9.17) is 10.2 Å². The van der Waals surface area contributed by atoms with Crippen LogP contribution in [0.4, 0.5) is 4.39 Å². The molecule has 2 amide bonds. The third kappa shape index (κ3) is 6.95. The van der Waals surface area contributed by atoms with E-state index < -0.39 is 26.1 Å². The largest absolute Gasteiger partial charge is 0.417 e. The molecule has 0 aliphatic heterocycles. The van der Waals surface area contributed by atoms with Gasteiger partial charge in [-0.05, 0) is 42.2 Å². The van der Waals surface area contributed by atoms with Crippen LogP contribution in [0.25, 0.3) is 0 Å². The highest BCUT2D eigenvalue weighted by atomic mass is 28.4. The Morgan fingerprint density at radius 3 is 2.48 bits per heavy atom. The Hall–Kier alpha value is -1.73. The minimum absolute atomic E-state index is 0.00929. The Morgan fingerprint density at radius 1 is 1.32 bits per heavy atom. The van der Waals surface area contributed by atoms with Crippen LogP contribution in [0.5, 0.6) is 0 Å². The van der Waals surface area contributed by atoms with Gasteiger partial charge in [-0.1, -0.05) is 32.9 Å². The summed E-state index contributed by atoms with van der Waals surface area (Å²) in [5.41, 5.74) is 5.92. The number of nitrogens with two attached hydrogens (primary N) is 1. The Labute approximate surface area is 150 Å². The van der Waals surface area contributed by atoms with Crippen LogP contribution in [0.2, 0.25) is 18.1 Å². The highest BCUT2D eigenvalue weighted by Gasteiger charge is 2.37. The summed E-state index contributed by atoms with van der Waals surface area (Å²) in [5, 5.41) is 2.67. The number of hydrogen-bond donors (Lipinski definition) is 2. The molecule has 0 fully saturated rings. The molecule has 3 N–H and O–H groups in total. The molecule has 25 heavy (non-hydrogen) atoms. The maximum absolute atomic E-state index is 13.2. The van der Waals surface area contributed by atoms with Gasteiger partial charge in [-0.3, -0.25) is 9.59 Å². The third-order valence-corrected chi connectivity index (χ3v) is 9.15. The van der Waals surface area contributed by atoms with Crippen LogP contribution >= 0.6 is 0 Å². The van der Waals surface area contributed by atoms with Gasteiger partial charge in [0.2, 0.25) is 11.8 Å². The van der Waals surface area contributed by atoms with Gasteiger partial charge < -0.3 is 15.5 Å². The first kappa shape index (κ1) is 21.3. The summed E-state index contributed by atoms with van der Waals surface area (Å²) < 4.78 is 19.2. The molecule has 0 bridgehead atoms. The highest BCUT2D eigenvalue weighted by molar-refractivity contribution is 6.74. The first-order chi connectivity index (χ1) is 11.4. The molecule has 0 spiro atoms. The van der Waals surface area contributed by atoms with Crippen molar-refractivity contribution in [1.29, 1.82) is 0 Å². The van der Waals surface area contributed by atoms with Crippen molar-refractivity contribution in [2.45, 2.75) is 57.8 Å². The number of nitrogens with one attached hydrogen (secondary N) is 1. The normalized spacial score (nSPS) is 13.4. The van der Waals surface area contributed by atoms with Gasteiger partial charge in [0.25, 0.3) is 0 Å². The fourth-order valence-corrected chi connectivity index (χ4v) is 3.07. The predicted molar refractivity (Wildman–Crippen MR) is 99.0 cm³/mol. The molecule has 0 heterocycles. The quantitative estimate of drug-likeness (QED) is 0.692. The predicted octanol–water partition coefficient (Wildman–Crippen LogP) is 2.75. The summed E-state index contributed by atoms with van der Waals surface area (Å²) in [6.45, 7) is 11.0. The summed E-state index contributed by atoms with van der Waals surface area (Å²) >= 11 is 0. The standard InChI is InChI=1S/C18H29FN2O3Si/c1-18(2,3)25(4,5)24-10-9-15(17(20)23)21-16(22)12-13-7-6-8-14(19)11-13/h6-8,11,15H,9-10,12H2,1-5H3,(H2,20,23)(H,21,22)/t15-/m1/s1. The number of carbonyl (C=O) groups is 2. The maximum Gasteiger partial charge on any atom is 0.240 e. The number of rotatable bonds is 8. The van der Waals surface area contributed by atoms with Gasteiger partial charge in [-0.25, -0.2) is 4.39 Å². The number of benzene rings is 1. The van der Waals surface area contributed by atoms with Crippen molar-refractivity contribution in [2.24, 2.45) is 5.73 Å². The van der Waals surface area contributed by atoms with Gasteiger partial charge in [0.05, 0.1) is 6.42 Å². The van der Waals surface area contributed by atoms with Crippen LogP contribution in [-0.4, -0.2) is 32.8 Å². The van der Waals surface area contributed by atoms with Crippen molar-refractivity contribution in [2.75, 3.05) is 6.61 Å². The lowest BCUT2D eigenvalue weighted by Gasteiger charge is -2.36. The van der Waals surface area contributed by atoms with Crippen molar-refractivity contribution in [1.82, 2.24) is 5.32 Å². The Bertz CT molecular complexity index is 615. The molecular weight excluding hydrogens is 339 g/mol. The van der Waals surface area contributed by atoms with Crippen molar-refractivity contribution in [3.8, 4) is 0 Å². The zero-order valence-electron chi connectivity index (χ0n) is 15.7. The monoisotopic (exact) mass is 368 g/mol. The van der Waals surface area contributed by atoms with Gasteiger partial charge >= 0.3 is 0 Å². The second-order valence-corrected chi connectivity index (χ2v) is 12.5. The molecule has 0 unspecified atom stereocenters. The van der Waals surface area contributed by atoms with Crippen LogP contribution in [0.15, 0.2) is 24.3 Å². The van der Waals surface area contributed by atoms with Crippen molar-refractivity contribution >= 4 is 20.1 Å². The van der Waals surface area contributed by atoms with Crippen LogP contribution in [0, 0.1) is 5.82 Å². The molecule has 1 rings (SSSR count). The van der Waals surface area contributed by atoms with Crippen LogP contribution < -0.4 is 11.1 Å². The lowest BCUT2D eigenvalue weighted by Crippen LogP contribution is -2.47. The van der Waals surface area contributed by atoms with E-state index in [9.17, 15) is 14.0 Å².